The number of carbonyl (C=O) groups excluding carboxylic acids is 2. The third kappa shape index (κ3) is 4.15. The predicted octanol–water partition coefficient (Wildman–Crippen LogP) is 6.35. The number of benzene rings is 1. The van der Waals surface area contributed by atoms with E-state index in [-0.39, 0.29) is 17.5 Å². The van der Waals surface area contributed by atoms with Crippen LogP contribution in [0.1, 0.15) is 87.0 Å². The summed E-state index contributed by atoms with van der Waals surface area (Å²) in [5.74, 6) is 0.886. The van der Waals surface area contributed by atoms with Crippen molar-refractivity contribution in [2.24, 2.45) is 11.3 Å². The van der Waals surface area contributed by atoms with Gasteiger partial charge in [-0.15, -0.1) is 0 Å². The van der Waals surface area contributed by atoms with Crippen molar-refractivity contribution in [1.29, 1.82) is 0 Å². The summed E-state index contributed by atoms with van der Waals surface area (Å²) in [6.07, 6.45) is 7.21. The van der Waals surface area contributed by atoms with Gasteiger partial charge in [-0.2, -0.15) is 0 Å². The Morgan fingerprint density at radius 3 is 2.38 bits per heavy atom. The van der Waals surface area contributed by atoms with E-state index in [0.29, 0.717) is 18.9 Å². The standard InChI is InChI=1S/C28H34N2O2/c1-18(2)22-9-10-24-23(15-22)26(27(32)21-7-6-8-21)25(16-28(4,5)19(3)31)30(24)17-20-11-13-29-14-12-20/h9-15,18,21H,6-8,16-17H2,1-5H3. The van der Waals surface area contributed by atoms with Crippen LogP contribution in [0, 0.1) is 11.3 Å². The molecule has 0 unspecified atom stereocenters. The molecule has 0 spiro atoms. The highest BCUT2D eigenvalue weighted by molar-refractivity contribution is 6.11. The first-order valence-electron chi connectivity index (χ1n) is 11.8. The quantitative estimate of drug-likeness (QED) is 0.391. The van der Waals surface area contributed by atoms with Crippen molar-refractivity contribution in [3.05, 3.63) is 65.1 Å². The highest BCUT2D eigenvalue weighted by Gasteiger charge is 2.35. The molecule has 2 heterocycles. The van der Waals surface area contributed by atoms with Gasteiger partial charge in [-0.05, 0) is 61.1 Å². The molecule has 1 saturated carbocycles. The third-order valence-corrected chi connectivity index (χ3v) is 7.24. The first-order valence-corrected chi connectivity index (χ1v) is 11.8. The molecular weight excluding hydrogens is 396 g/mol. The summed E-state index contributed by atoms with van der Waals surface area (Å²) < 4.78 is 2.27. The van der Waals surface area contributed by atoms with Crippen LogP contribution in [0.3, 0.4) is 0 Å². The summed E-state index contributed by atoms with van der Waals surface area (Å²) in [5, 5.41) is 1.04. The topological polar surface area (TPSA) is 52.0 Å². The van der Waals surface area contributed by atoms with Crippen molar-refractivity contribution in [2.45, 2.75) is 72.8 Å². The molecule has 4 nitrogen and oxygen atoms in total. The minimum absolute atomic E-state index is 0.108. The summed E-state index contributed by atoms with van der Waals surface area (Å²) in [6.45, 7) is 10.6. The van der Waals surface area contributed by atoms with Crippen LogP contribution in [0.25, 0.3) is 10.9 Å². The van der Waals surface area contributed by atoms with Crippen LogP contribution < -0.4 is 0 Å². The first kappa shape index (κ1) is 22.4. The fraction of sp³-hybridized carbons (Fsp3) is 0.464. The van der Waals surface area contributed by atoms with E-state index >= 15 is 0 Å². The zero-order valence-electron chi connectivity index (χ0n) is 19.9. The molecule has 4 rings (SSSR count). The van der Waals surface area contributed by atoms with Crippen LogP contribution >= 0.6 is 0 Å². The van der Waals surface area contributed by atoms with Crippen LogP contribution in [-0.4, -0.2) is 21.1 Å². The second-order valence-electron chi connectivity index (χ2n) is 10.3. The van der Waals surface area contributed by atoms with Gasteiger partial charge in [-0.1, -0.05) is 40.2 Å². The van der Waals surface area contributed by atoms with Crippen molar-refractivity contribution in [2.75, 3.05) is 0 Å². The van der Waals surface area contributed by atoms with E-state index < -0.39 is 5.41 Å². The minimum Gasteiger partial charge on any atom is -0.339 e. The van der Waals surface area contributed by atoms with E-state index in [0.717, 1.165) is 47.0 Å². The molecular formula is C28H34N2O2. The third-order valence-electron chi connectivity index (χ3n) is 7.24. The first-order chi connectivity index (χ1) is 15.2. The van der Waals surface area contributed by atoms with Crippen LogP contribution in [0.4, 0.5) is 0 Å². The molecule has 0 N–H and O–H groups in total. The van der Waals surface area contributed by atoms with E-state index in [2.05, 4.69) is 41.6 Å². The van der Waals surface area contributed by atoms with Crippen LogP contribution in [0.15, 0.2) is 42.7 Å². The molecule has 1 aliphatic rings. The number of ketones is 2. The number of Topliss-reactive ketones (excluding diaryl/α,β-unsaturated/α-hetero) is 2. The predicted molar refractivity (Wildman–Crippen MR) is 129 cm³/mol. The van der Waals surface area contributed by atoms with Gasteiger partial charge in [-0.3, -0.25) is 14.6 Å². The fourth-order valence-corrected chi connectivity index (χ4v) is 4.51. The summed E-state index contributed by atoms with van der Waals surface area (Å²) >= 11 is 0. The summed E-state index contributed by atoms with van der Waals surface area (Å²) in [7, 11) is 0. The molecule has 0 aliphatic heterocycles. The number of rotatable bonds is 8. The second kappa shape index (κ2) is 8.65. The Bertz CT molecular complexity index is 1150. The number of fused-ring (bicyclic) bond motifs is 1. The van der Waals surface area contributed by atoms with E-state index in [1.165, 1.54) is 5.56 Å². The van der Waals surface area contributed by atoms with Crippen LogP contribution in [0.2, 0.25) is 0 Å². The number of aromatic nitrogens is 2. The lowest BCUT2D eigenvalue weighted by atomic mass is 9.77. The molecule has 0 bridgehead atoms. The molecule has 0 atom stereocenters. The smallest absolute Gasteiger partial charge is 0.168 e. The Labute approximate surface area is 191 Å². The number of pyridine rings is 1. The number of hydrogen-bond acceptors (Lipinski definition) is 3. The summed E-state index contributed by atoms with van der Waals surface area (Å²) in [4.78, 5) is 30.4. The van der Waals surface area contributed by atoms with E-state index in [9.17, 15) is 9.59 Å². The van der Waals surface area contributed by atoms with E-state index in [1.54, 1.807) is 19.3 Å². The van der Waals surface area contributed by atoms with Crippen molar-refractivity contribution in [3.63, 3.8) is 0 Å². The molecule has 2 aromatic heterocycles. The van der Waals surface area contributed by atoms with Crippen molar-refractivity contribution < 1.29 is 9.59 Å². The number of nitrogens with zero attached hydrogens (tertiary/aromatic N) is 2. The zero-order chi connectivity index (χ0) is 23.0. The van der Waals surface area contributed by atoms with E-state index in [4.69, 9.17) is 0 Å². The lowest BCUT2D eigenvalue weighted by molar-refractivity contribution is -0.124. The Morgan fingerprint density at radius 1 is 1.12 bits per heavy atom. The molecule has 3 aromatic rings. The van der Waals surface area contributed by atoms with Gasteiger partial charge in [0, 0.05) is 58.9 Å². The minimum atomic E-state index is -0.542. The molecule has 0 radical (unpaired) electrons. The maximum Gasteiger partial charge on any atom is 0.168 e. The number of carbonyl (C=O) groups is 2. The average molecular weight is 431 g/mol. The Balaban J connectivity index is 1.98. The Morgan fingerprint density at radius 2 is 1.81 bits per heavy atom. The second-order valence-corrected chi connectivity index (χ2v) is 10.3. The molecule has 168 valence electrons. The van der Waals surface area contributed by atoms with Gasteiger partial charge in [0.1, 0.15) is 5.78 Å². The molecule has 1 aromatic carbocycles. The fourth-order valence-electron chi connectivity index (χ4n) is 4.51. The number of hydrogen-bond donors (Lipinski definition) is 0. The zero-order valence-corrected chi connectivity index (χ0v) is 19.9. The highest BCUT2D eigenvalue weighted by atomic mass is 16.1. The molecule has 32 heavy (non-hydrogen) atoms. The van der Waals surface area contributed by atoms with Crippen molar-refractivity contribution in [3.8, 4) is 0 Å². The Kier molecular flexibility index (Phi) is 6.07. The maximum atomic E-state index is 13.8. The summed E-state index contributed by atoms with van der Waals surface area (Å²) in [5.41, 5.74) is 4.74. The van der Waals surface area contributed by atoms with Crippen molar-refractivity contribution >= 4 is 22.5 Å². The van der Waals surface area contributed by atoms with E-state index in [1.807, 2.05) is 26.0 Å². The largest absolute Gasteiger partial charge is 0.339 e. The molecule has 1 aliphatic carbocycles. The lowest BCUT2D eigenvalue weighted by Gasteiger charge is -2.27. The monoisotopic (exact) mass is 430 g/mol. The molecule has 4 heteroatoms. The molecule has 1 fully saturated rings. The van der Waals surface area contributed by atoms with Gasteiger partial charge in [0.05, 0.1) is 0 Å². The normalized spacial score (nSPS) is 14.7. The van der Waals surface area contributed by atoms with Gasteiger partial charge in [0.2, 0.25) is 0 Å². The van der Waals surface area contributed by atoms with Gasteiger partial charge < -0.3 is 4.57 Å². The van der Waals surface area contributed by atoms with Gasteiger partial charge in [-0.25, -0.2) is 0 Å². The average Bonchev–Trinajstić information content (AvgIpc) is 2.99. The van der Waals surface area contributed by atoms with Gasteiger partial charge >= 0.3 is 0 Å². The maximum absolute atomic E-state index is 13.8. The SMILES string of the molecule is CC(=O)C(C)(C)Cc1c(C(=O)C2CCC2)c2cc(C(C)C)ccc2n1Cc1ccncc1. The molecule has 0 saturated heterocycles. The summed E-state index contributed by atoms with van der Waals surface area (Å²) in [6, 6.07) is 10.6. The van der Waals surface area contributed by atoms with Crippen molar-refractivity contribution in [1.82, 2.24) is 9.55 Å². The van der Waals surface area contributed by atoms with Gasteiger partial charge in [0.25, 0.3) is 0 Å². The van der Waals surface area contributed by atoms with Crippen LogP contribution in [-0.2, 0) is 17.8 Å². The Hall–Kier alpha value is -2.75. The highest BCUT2D eigenvalue weighted by Crippen LogP contribution is 2.39. The van der Waals surface area contributed by atoms with Gasteiger partial charge in [0.15, 0.2) is 5.78 Å². The lowest BCUT2D eigenvalue weighted by Crippen LogP contribution is -2.28. The molecule has 0 amide bonds. The van der Waals surface area contributed by atoms with Crippen LogP contribution in [0.5, 0.6) is 0 Å².